The van der Waals surface area contributed by atoms with E-state index in [1.54, 1.807) is 38.1 Å². The molecule has 3 aromatic carbocycles. The molecule has 52 heavy (non-hydrogen) atoms. The number of aromatic nitrogens is 4. The number of imidazole rings is 1. The molecule has 15 nitrogen and oxygen atoms in total. The van der Waals surface area contributed by atoms with Crippen LogP contribution >= 0.6 is 7.75 Å². The number of nitrogens with one attached hydrogen (secondary N) is 1. The standard InChI is InChI=1S/C34H37F2N6O9P/c1-18(2)26(31(44)48-15-20-12-13-21(35)14-23(20)36)41-52(46,51-24-11-7-9-19-8-5-6-10-22(19)24)49-16-25-28(43)34(3,45)32(50-25)42-17-38-27-29(42)39-33(37)40-30(27)47-4/h5-14,17-18,25-26,28,32,43,45H,15-16H2,1-4H3,(H,41,46)(H2,37,39,40)/t25-,26+,28-,32?,34-,52?/m1/s1. The third kappa shape index (κ3) is 7.42. The Kier molecular flexibility index (Phi) is 10.5. The van der Waals surface area contributed by atoms with Gasteiger partial charge >= 0.3 is 13.7 Å². The van der Waals surface area contributed by atoms with E-state index in [1.165, 1.54) is 24.9 Å². The maximum atomic E-state index is 14.7. The fraction of sp³-hybridized carbons (Fsp3) is 0.353. The van der Waals surface area contributed by atoms with Crippen LogP contribution in [-0.4, -0.2) is 73.3 Å². The fourth-order valence-corrected chi connectivity index (χ4v) is 7.47. The number of methoxy groups -OCH3 is 1. The van der Waals surface area contributed by atoms with E-state index in [1.807, 2.05) is 18.2 Å². The van der Waals surface area contributed by atoms with E-state index < -0.39 is 74.6 Å². The Bertz CT molecular complexity index is 2150. The molecule has 276 valence electrons. The Morgan fingerprint density at radius 2 is 1.90 bits per heavy atom. The molecule has 0 bridgehead atoms. The molecule has 0 spiro atoms. The van der Waals surface area contributed by atoms with Crippen molar-refractivity contribution >= 4 is 41.6 Å². The molecule has 1 saturated heterocycles. The third-order valence-electron chi connectivity index (χ3n) is 8.59. The highest BCUT2D eigenvalue weighted by Gasteiger charge is 2.54. The first-order valence-corrected chi connectivity index (χ1v) is 17.6. The van der Waals surface area contributed by atoms with Gasteiger partial charge in [0.2, 0.25) is 11.8 Å². The van der Waals surface area contributed by atoms with Gasteiger partial charge in [-0.05, 0) is 36.4 Å². The van der Waals surface area contributed by atoms with Crippen LogP contribution in [0.5, 0.6) is 11.6 Å². The van der Waals surface area contributed by atoms with Gasteiger partial charge in [0.15, 0.2) is 17.4 Å². The topological polar surface area (TPSA) is 202 Å². The molecule has 5 aromatic rings. The lowest BCUT2D eigenvalue weighted by atomic mass is 9.96. The highest BCUT2D eigenvalue weighted by atomic mass is 31.2. The van der Waals surface area contributed by atoms with Crippen molar-refractivity contribution in [2.24, 2.45) is 5.92 Å². The third-order valence-corrected chi connectivity index (χ3v) is 10.1. The number of nitrogens with zero attached hydrogens (tertiary/aromatic N) is 4. The van der Waals surface area contributed by atoms with E-state index in [2.05, 4.69) is 20.0 Å². The summed E-state index contributed by atoms with van der Waals surface area (Å²) >= 11 is 0. The van der Waals surface area contributed by atoms with E-state index in [-0.39, 0.29) is 34.3 Å². The second-order valence-electron chi connectivity index (χ2n) is 12.7. The zero-order chi connectivity index (χ0) is 37.4. The zero-order valence-electron chi connectivity index (χ0n) is 28.5. The molecule has 6 atom stereocenters. The number of fused-ring (bicyclic) bond motifs is 2. The van der Waals surface area contributed by atoms with E-state index in [0.717, 1.165) is 17.5 Å². The van der Waals surface area contributed by atoms with Crippen molar-refractivity contribution in [1.29, 1.82) is 0 Å². The number of carbonyl (C=O) groups excluding carboxylic acids is 1. The normalized spacial score (nSPS) is 22.1. The van der Waals surface area contributed by atoms with Gasteiger partial charge in [0.05, 0.1) is 20.0 Å². The minimum Gasteiger partial charge on any atom is -0.479 e. The smallest absolute Gasteiger partial charge is 0.459 e. The minimum atomic E-state index is -4.60. The van der Waals surface area contributed by atoms with Gasteiger partial charge in [-0.2, -0.15) is 15.1 Å². The SMILES string of the molecule is COc1nc(N)nc2c1ncn2C1O[C@H](COP(=O)(N[C@H](C(=O)OCc2ccc(F)cc2F)C(C)C)Oc2cccc3ccccc23)[C@@H](O)[C@@]1(C)O. The fourth-order valence-electron chi connectivity index (χ4n) is 5.79. The summed E-state index contributed by atoms with van der Waals surface area (Å²) in [5.41, 5.74) is 4.18. The quantitative estimate of drug-likeness (QED) is 0.0975. The molecule has 5 N–H and O–H groups in total. The van der Waals surface area contributed by atoms with Crippen LogP contribution in [0.4, 0.5) is 14.7 Å². The second-order valence-corrected chi connectivity index (χ2v) is 14.4. The van der Waals surface area contributed by atoms with Crippen molar-refractivity contribution in [2.45, 2.75) is 57.5 Å². The van der Waals surface area contributed by atoms with Crippen LogP contribution in [0.1, 0.15) is 32.6 Å². The van der Waals surface area contributed by atoms with Crippen LogP contribution < -0.4 is 20.1 Å². The monoisotopic (exact) mass is 742 g/mol. The van der Waals surface area contributed by atoms with Crippen LogP contribution in [0, 0.1) is 17.6 Å². The lowest BCUT2D eigenvalue weighted by Crippen LogP contribution is -2.45. The number of aliphatic hydroxyl groups excluding tert-OH is 1. The minimum absolute atomic E-state index is 0.0732. The largest absolute Gasteiger partial charge is 0.479 e. The van der Waals surface area contributed by atoms with Crippen molar-refractivity contribution in [1.82, 2.24) is 24.6 Å². The van der Waals surface area contributed by atoms with Gasteiger partial charge in [-0.15, -0.1) is 0 Å². The van der Waals surface area contributed by atoms with Gasteiger partial charge in [0.25, 0.3) is 0 Å². The number of esters is 1. The average Bonchev–Trinajstić information content (AvgIpc) is 3.62. The first kappa shape index (κ1) is 37.0. The molecular formula is C34H37F2N6O9P. The molecule has 1 aliphatic heterocycles. The highest BCUT2D eigenvalue weighted by Crippen LogP contribution is 2.49. The number of carbonyl (C=O) groups is 1. The molecule has 2 aromatic heterocycles. The summed E-state index contributed by atoms with van der Waals surface area (Å²) in [5.74, 6) is -3.10. The number of benzene rings is 3. The Morgan fingerprint density at radius 1 is 1.15 bits per heavy atom. The highest BCUT2D eigenvalue weighted by molar-refractivity contribution is 7.52. The van der Waals surface area contributed by atoms with Crippen molar-refractivity contribution in [3.05, 3.63) is 84.2 Å². The number of anilines is 1. The van der Waals surface area contributed by atoms with E-state index in [9.17, 15) is 28.4 Å². The summed E-state index contributed by atoms with van der Waals surface area (Å²) in [5, 5.41) is 26.7. The van der Waals surface area contributed by atoms with Gasteiger partial charge in [0.1, 0.15) is 47.8 Å². The van der Waals surface area contributed by atoms with E-state index in [0.29, 0.717) is 11.5 Å². The molecular weight excluding hydrogens is 705 g/mol. The number of hydrogen-bond donors (Lipinski definition) is 4. The first-order chi connectivity index (χ1) is 24.7. The summed E-state index contributed by atoms with van der Waals surface area (Å²) in [6.07, 6.45) is -2.91. The first-order valence-electron chi connectivity index (χ1n) is 16.1. The van der Waals surface area contributed by atoms with Crippen molar-refractivity contribution in [2.75, 3.05) is 19.5 Å². The van der Waals surface area contributed by atoms with Gasteiger partial charge in [-0.3, -0.25) is 13.9 Å². The summed E-state index contributed by atoms with van der Waals surface area (Å²) in [7, 11) is -3.22. The molecule has 0 radical (unpaired) electrons. The summed E-state index contributed by atoms with van der Waals surface area (Å²) in [4.78, 5) is 25.8. The second kappa shape index (κ2) is 14.7. The average molecular weight is 743 g/mol. The number of aliphatic hydroxyl groups is 2. The van der Waals surface area contributed by atoms with Crippen LogP contribution in [0.2, 0.25) is 0 Å². The lowest BCUT2D eigenvalue weighted by molar-refractivity contribution is -0.148. The number of ether oxygens (including phenoxy) is 3. The predicted octanol–water partition coefficient (Wildman–Crippen LogP) is 4.42. The number of nitrogens with two attached hydrogens (primary N) is 1. The molecule has 3 heterocycles. The predicted molar refractivity (Wildman–Crippen MR) is 183 cm³/mol. The number of nitrogen functional groups attached to an aromatic ring is 1. The Hall–Kier alpha value is -4.77. The Labute approximate surface area is 296 Å². The van der Waals surface area contributed by atoms with Crippen LogP contribution in [0.15, 0.2) is 67.0 Å². The number of halogens is 2. The maximum absolute atomic E-state index is 14.7. The Morgan fingerprint density at radius 3 is 2.63 bits per heavy atom. The molecule has 0 amide bonds. The van der Waals surface area contributed by atoms with Crippen LogP contribution in [0.3, 0.4) is 0 Å². The Balaban J connectivity index is 1.27. The summed E-state index contributed by atoms with van der Waals surface area (Å²) in [6, 6.07) is 13.7. The van der Waals surface area contributed by atoms with Gasteiger partial charge in [0, 0.05) is 17.0 Å². The maximum Gasteiger partial charge on any atom is 0.459 e. The zero-order valence-corrected chi connectivity index (χ0v) is 29.4. The number of rotatable bonds is 13. The molecule has 0 saturated carbocycles. The van der Waals surface area contributed by atoms with Crippen LogP contribution in [0.25, 0.3) is 21.9 Å². The molecule has 18 heteroatoms. The molecule has 2 unspecified atom stereocenters. The molecule has 1 aliphatic rings. The summed E-state index contributed by atoms with van der Waals surface area (Å²) in [6.45, 7) is 3.47. The van der Waals surface area contributed by atoms with Gasteiger partial charge in [-0.1, -0.05) is 50.2 Å². The lowest BCUT2D eigenvalue weighted by Gasteiger charge is -2.28. The van der Waals surface area contributed by atoms with Crippen LogP contribution in [-0.2, 0) is 30.0 Å². The summed E-state index contributed by atoms with van der Waals surface area (Å²) < 4.78 is 72.3. The molecule has 6 rings (SSSR count). The van der Waals surface area contributed by atoms with Gasteiger partial charge < -0.3 is 34.7 Å². The number of hydrogen-bond acceptors (Lipinski definition) is 13. The van der Waals surface area contributed by atoms with Gasteiger partial charge in [-0.25, -0.2) is 18.3 Å². The van der Waals surface area contributed by atoms with Crippen molar-refractivity contribution < 1.29 is 51.6 Å². The van der Waals surface area contributed by atoms with Crippen molar-refractivity contribution in [3.63, 3.8) is 0 Å². The van der Waals surface area contributed by atoms with E-state index >= 15 is 0 Å². The van der Waals surface area contributed by atoms with E-state index in [4.69, 9.17) is 29.0 Å². The molecule has 0 aliphatic carbocycles. The molecule has 1 fully saturated rings. The van der Waals surface area contributed by atoms with Crippen molar-refractivity contribution in [3.8, 4) is 11.6 Å².